The fraction of sp³-hybridized carbons (Fsp3) is 0.342. The molecule has 56 heavy (non-hydrogen) atoms. The Morgan fingerprint density at radius 1 is 1.00 bits per heavy atom. The van der Waals surface area contributed by atoms with Crippen LogP contribution in [-0.4, -0.2) is 70.3 Å². The van der Waals surface area contributed by atoms with Crippen molar-refractivity contribution in [3.05, 3.63) is 84.3 Å². The van der Waals surface area contributed by atoms with E-state index in [-0.39, 0.29) is 50.5 Å². The molecule has 0 unspecified atom stereocenters. The third kappa shape index (κ3) is 8.60. The van der Waals surface area contributed by atoms with Crippen LogP contribution >= 0.6 is 11.3 Å². The van der Waals surface area contributed by atoms with Crippen molar-refractivity contribution in [1.29, 1.82) is 0 Å². The van der Waals surface area contributed by atoms with Crippen LogP contribution in [0.4, 0.5) is 34.7 Å². The molecule has 0 aliphatic carbocycles. The van der Waals surface area contributed by atoms with Crippen molar-refractivity contribution in [1.82, 2.24) is 19.3 Å². The Balaban J connectivity index is 1.37. The first-order valence-corrected chi connectivity index (χ1v) is 19.9. The van der Waals surface area contributed by atoms with Gasteiger partial charge in [-0.15, -0.1) is 0 Å². The summed E-state index contributed by atoms with van der Waals surface area (Å²) in [5.74, 6) is -2.24. The maximum absolute atomic E-state index is 14.9. The number of amides is 3. The minimum absolute atomic E-state index is 0.0483. The second-order valence-electron chi connectivity index (χ2n) is 15.0. The number of hydrogen-bond donors (Lipinski definition) is 4. The predicted molar refractivity (Wildman–Crippen MR) is 209 cm³/mol. The standard InChI is InChI=1S/C38H41F2N7O7S2/c1-37(2,3)54-36(51)45-32-27(43-33(55-32)29-25(39)14-9-15-26(29)40)19-38(4,5)34(48)44-28-20-41-31-24(30(28)46-17-10-11-22(21-46)42-35(49)50)16-18-47(31)56(52,53)23-12-7-6-8-13-23/h6-9,12-16,18,20,22,42H,10-11,17,19,21H2,1-5H3,(H,44,48)(H,45,51)(H,49,50)/t22-/m0/s1. The molecule has 2 aromatic carbocycles. The summed E-state index contributed by atoms with van der Waals surface area (Å²) >= 11 is 0.831. The van der Waals surface area contributed by atoms with E-state index >= 15 is 0 Å². The Kier molecular flexibility index (Phi) is 11.1. The van der Waals surface area contributed by atoms with Crippen LogP contribution in [0.25, 0.3) is 21.6 Å². The molecule has 4 heterocycles. The zero-order valence-electron chi connectivity index (χ0n) is 31.2. The molecule has 3 amide bonds. The highest BCUT2D eigenvalue weighted by molar-refractivity contribution is 7.90. The third-order valence-corrected chi connectivity index (χ3v) is 11.7. The number of benzene rings is 2. The Bertz CT molecular complexity index is 2390. The number of nitrogens with one attached hydrogen (secondary N) is 3. The lowest BCUT2D eigenvalue weighted by atomic mass is 9.86. The van der Waals surface area contributed by atoms with Gasteiger partial charge in [0.25, 0.3) is 10.0 Å². The van der Waals surface area contributed by atoms with E-state index in [0.717, 1.165) is 27.4 Å². The smallest absolute Gasteiger partial charge is 0.412 e. The number of fused-ring (bicyclic) bond motifs is 1. The molecule has 5 aromatic rings. The normalized spacial score (nSPS) is 15.1. The van der Waals surface area contributed by atoms with Crippen LogP contribution in [0.15, 0.2) is 71.9 Å². The van der Waals surface area contributed by atoms with Crippen molar-refractivity contribution in [2.75, 3.05) is 28.6 Å². The number of nitrogens with zero attached hydrogens (tertiary/aromatic N) is 4. The molecule has 0 radical (unpaired) electrons. The summed E-state index contributed by atoms with van der Waals surface area (Å²) < 4.78 is 63.7. The molecule has 0 spiro atoms. The molecule has 0 saturated carbocycles. The van der Waals surface area contributed by atoms with Crippen molar-refractivity contribution in [2.24, 2.45) is 5.41 Å². The van der Waals surface area contributed by atoms with Gasteiger partial charge in [-0.3, -0.25) is 10.1 Å². The number of piperidine rings is 1. The Morgan fingerprint density at radius 3 is 2.36 bits per heavy atom. The second kappa shape index (κ2) is 15.5. The fourth-order valence-corrected chi connectivity index (χ4v) is 8.76. The zero-order valence-corrected chi connectivity index (χ0v) is 32.9. The van der Waals surface area contributed by atoms with E-state index in [1.165, 1.54) is 30.6 Å². The molecular formula is C38H41F2N7O7S2. The minimum atomic E-state index is -4.07. The predicted octanol–water partition coefficient (Wildman–Crippen LogP) is 7.47. The summed E-state index contributed by atoms with van der Waals surface area (Å²) in [6.45, 7) is 8.99. The number of carboxylic acid groups (broad SMARTS) is 1. The third-order valence-electron chi connectivity index (χ3n) is 8.98. The number of rotatable bonds is 10. The van der Waals surface area contributed by atoms with Crippen LogP contribution < -0.4 is 20.9 Å². The van der Waals surface area contributed by atoms with Gasteiger partial charge in [0.05, 0.1) is 33.7 Å². The average molecular weight is 810 g/mol. The van der Waals surface area contributed by atoms with Crippen LogP contribution in [0, 0.1) is 17.0 Å². The van der Waals surface area contributed by atoms with Gasteiger partial charge in [-0.1, -0.05) is 49.4 Å². The van der Waals surface area contributed by atoms with Crippen molar-refractivity contribution >= 4 is 66.9 Å². The van der Waals surface area contributed by atoms with E-state index in [4.69, 9.17) is 4.74 Å². The van der Waals surface area contributed by atoms with Crippen LogP contribution in [0.1, 0.15) is 53.2 Å². The fourth-order valence-electron chi connectivity index (χ4n) is 6.42. The minimum Gasteiger partial charge on any atom is -0.465 e. The molecular weight excluding hydrogens is 769 g/mol. The summed E-state index contributed by atoms with van der Waals surface area (Å²) in [6.07, 6.45) is 1.78. The van der Waals surface area contributed by atoms with E-state index in [0.29, 0.717) is 30.5 Å². The van der Waals surface area contributed by atoms with Gasteiger partial charge in [0.1, 0.15) is 27.2 Å². The number of aromatic nitrogens is 3. The van der Waals surface area contributed by atoms with Crippen LogP contribution in [-0.2, 0) is 26.0 Å². The van der Waals surface area contributed by atoms with E-state index in [9.17, 15) is 36.7 Å². The molecule has 0 bridgehead atoms. The highest BCUT2D eigenvalue weighted by Crippen LogP contribution is 2.40. The second-order valence-corrected chi connectivity index (χ2v) is 17.8. The molecule has 3 aromatic heterocycles. The molecule has 1 saturated heterocycles. The van der Waals surface area contributed by atoms with Crippen molar-refractivity contribution in [2.45, 2.75) is 70.4 Å². The number of pyridine rings is 1. The number of anilines is 3. The van der Waals surface area contributed by atoms with Crippen LogP contribution in [0.3, 0.4) is 0 Å². The lowest BCUT2D eigenvalue weighted by Crippen LogP contribution is -2.47. The van der Waals surface area contributed by atoms with E-state index in [1.54, 1.807) is 58.9 Å². The van der Waals surface area contributed by atoms with E-state index < -0.39 is 56.8 Å². The molecule has 1 fully saturated rings. The van der Waals surface area contributed by atoms with Gasteiger partial charge >= 0.3 is 12.2 Å². The summed E-state index contributed by atoms with van der Waals surface area (Å²) in [5, 5.41) is 18.0. The quantitative estimate of drug-likeness (QED) is 0.110. The number of carbonyl (C=O) groups excluding carboxylic acids is 2. The van der Waals surface area contributed by atoms with Gasteiger partial charge < -0.3 is 25.4 Å². The molecule has 4 N–H and O–H groups in total. The van der Waals surface area contributed by atoms with Gasteiger partial charge in [-0.25, -0.2) is 40.7 Å². The lowest BCUT2D eigenvalue weighted by molar-refractivity contribution is -0.123. The molecule has 14 nitrogen and oxygen atoms in total. The first-order chi connectivity index (χ1) is 26.3. The van der Waals surface area contributed by atoms with Crippen molar-refractivity contribution in [3.63, 3.8) is 0 Å². The number of carbonyl (C=O) groups is 3. The molecule has 6 rings (SSSR count). The maximum Gasteiger partial charge on any atom is 0.412 e. The zero-order chi connectivity index (χ0) is 40.6. The van der Waals surface area contributed by atoms with Gasteiger partial charge in [-0.05, 0) is 63.9 Å². The number of hydrogen-bond acceptors (Lipinski definition) is 10. The van der Waals surface area contributed by atoms with Gasteiger partial charge in [0.15, 0.2) is 5.65 Å². The summed E-state index contributed by atoms with van der Waals surface area (Å²) in [5.41, 5.74) is -1.57. The van der Waals surface area contributed by atoms with Crippen LogP contribution in [0.5, 0.6) is 0 Å². The Morgan fingerprint density at radius 2 is 1.70 bits per heavy atom. The number of ether oxygens (including phenoxy) is 1. The molecule has 18 heteroatoms. The summed E-state index contributed by atoms with van der Waals surface area (Å²) in [7, 11) is -4.07. The highest BCUT2D eigenvalue weighted by atomic mass is 32.2. The highest BCUT2D eigenvalue weighted by Gasteiger charge is 2.35. The maximum atomic E-state index is 14.9. The number of thiazole rings is 1. The molecule has 1 aliphatic rings. The molecule has 296 valence electrons. The average Bonchev–Trinajstić information content (AvgIpc) is 3.71. The van der Waals surface area contributed by atoms with E-state index in [1.807, 2.05) is 4.90 Å². The largest absolute Gasteiger partial charge is 0.465 e. The topological polar surface area (TPSA) is 185 Å². The number of halogens is 2. The molecule has 1 aliphatic heterocycles. The SMILES string of the molecule is CC(C)(C)OC(=O)Nc1sc(-c2c(F)cccc2F)nc1CC(C)(C)C(=O)Nc1cnc2c(ccn2S(=O)(=O)c2ccccc2)c1N1CCC[C@H](NC(=O)O)C1. The van der Waals surface area contributed by atoms with Gasteiger partial charge in [0.2, 0.25) is 5.91 Å². The summed E-state index contributed by atoms with van der Waals surface area (Å²) in [4.78, 5) is 49.6. The van der Waals surface area contributed by atoms with Gasteiger partial charge in [0, 0.05) is 42.6 Å². The van der Waals surface area contributed by atoms with Crippen molar-refractivity contribution in [3.8, 4) is 10.6 Å². The monoisotopic (exact) mass is 809 g/mol. The summed E-state index contributed by atoms with van der Waals surface area (Å²) in [6, 6.07) is 12.4. The Labute approximate surface area is 326 Å². The van der Waals surface area contributed by atoms with E-state index in [2.05, 4.69) is 25.9 Å². The van der Waals surface area contributed by atoms with Gasteiger partial charge in [-0.2, -0.15) is 0 Å². The molecule has 1 atom stereocenters. The Hall–Kier alpha value is -5.62. The van der Waals surface area contributed by atoms with Crippen molar-refractivity contribution < 1.29 is 41.4 Å². The first-order valence-electron chi connectivity index (χ1n) is 17.6. The lowest BCUT2D eigenvalue weighted by Gasteiger charge is -2.36. The first kappa shape index (κ1) is 40.1. The van der Waals surface area contributed by atoms with Crippen LogP contribution in [0.2, 0.25) is 0 Å².